The number of carbonyl (C=O) groups is 1. The van der Waals surface area contributed by atoms with Gasteiger partial charge in [0.1, 0.15) is 0 Å². The van der Waals surface area contributed by atoms with E-state index in [1.807, 2.05) is 11.8 Å². The summed E-state index contributed by atoms with van der Waals surface area (Å²) in [5.41, 5.74) is 6.91. The van der Waals surface area contributed by atoms with Crippen LogP contribution in [0.2, 0.25) is 0 Å². The minimum atomic E-state index is -0.159. The third-order valence-corrected chi connectivity index (χ3v) is 5.15. The van der Waals surface area contributed by atoms with E-state index < -0.39 is 0 Å². The fraction of sp³-hybridized carbons (Fsp3) is 0.500. The lowest BCUT2D eigenvalue weighted by atomic mass is 10.1. The topological polar surface area (TPSA) is 46.3 Å². The van der Waals surface area contributed by atoms with E-state index in [0.717, 1.165) is 32.4 Å². The van der Waals surface area contributed by atoms with Gasteiger partial charge >= 0.3 is 0 Å². The molecule has 0 aromatic heterocycles. The highest BCUT2D eigenvalue weighted by atomic mass is 32.2. The van der Waals surface area contributed by atoms with Crippen LogP contribution in [0, 0.1) is 0 Å². The quantitative estimate of drug-likeness (QED) is 0.901. The Morgan fingerprint density at radius 1 is 1.44 bits per heavy atom. The molecular formula is C14H18N2OS. The number of nitrogens with zero attached hydrogens (tertiary/aromatic N) is 1. The predicted molar refractivity (Wildman–Crippen MR) is 73.6 cm³/mol. The van der Waals surface area contributed by atoms with Gasteiger partial charge in [-0.2, -0.15) is 0 Å². The Morgan fingerprint density at radius 3 is 3.06 bits per heavy atom. The van der Waals surface area contributed by atoms with E-state index in [1.54, 1.807) is 0 Å². The molecule has 1 aromatic carbocycles. The molecule has 0 aliphatic carbocycles. The Bertz CT molecular complexity index is 438. The van der Waals surface area contributed by atoms with Gasteiger partial charge in [-0.05, 0) is 37.4 Å². The second-order valence-corrected chi connectivity index (χ2v) is 6.45. The molecule has 2 atom stereocenters. The molecule has 18 heavy (non-hydrogen) atoms. The minimum Gasteiger partial charge on any atom is -0.368 e. The smallest absolute Gasteiger partial charge is 0.234 e. The molecule has 3 rings (SSSR count). The summed E-state index contributed by atoms with van der Waals surface area (Å²) in [5.74, 6) is -0.159. The predicted octanol–water partition coefficient (Wildman–Crippen LogP) is 1.65. The Labute approximate surface area is 112 Å². The van der Waals surface area contributed by atoms with E-state index in [2.05, 4.69) is 29.2 Å². The number of fused-ring (bicyclic) bond motifs is 1. The van der Waals surface area contributed by atoms with Crippen molar-refractivity contribution in [3.05, 3.63) is 29.8 Å². The Hall–Kier alpha value is -1.00. The number of thioether (sulfide) groups is 1. The number of primary amides is 1. The van der Waals surface area contributed by atoms with E-state index in [1.165, 1.54) is 10.5 Å². The first kappa shape index (κ1) is 12.1. The van der Waals surface area contributed by atoms with E-state index in [0.29, 0.717) is 5.25 Å². The molecule has 0 radical (unpaired) electrons. The van der Waals surface area contributed by atoms with Crippen molar-refractivity contribution in [2.24, 2.45) is 5.73 Å². The number of nitrogens with two attached hydrogens (primary N) is 1. The van der Waals surface area contributed by atoms with Gasteiger partial charge in [0.2, 0.25) is 5.91 Å². The molecule has 4 heteroatoms. The van der Waals surface area contributed by atoms with Gasteiger partial charge < -0.3 is 5.73 Å². The highest BCUT2D eigenvalue weighted by Crippen LogP contribution is 2.37. The molecule has 1 fully saturated rings. The third kappa shape index (κ3) is 2.27. The monoisotopic (exact) mass is 262 g/mol. The van der Waals surface area contributed by atoms with Crippen LogP contribution in [0.4, 0.5) is 0 Å². The summed E-state index contributed by atoms with van der Waals surface area (Å²) in [7, 11) is 0. The molecule has 1 saturated heterocycles. The number of benzene rings is 1. The van der Waals surface area contributed by atoms with Crippen LogP contribution in [0.1, 0.15) is 18.4 Å². The van der Waals surface area contributed by atoms with Crippen molar-refractivity contribution >= 4 is 17.7 Å². The molecule has 2 aliphatic heterocycles. The second kappa shape index (κ2) is 4.94. The Balaban J connectivity index is 1.64. The average Bonchev–Trinajstić information content (AvgIpc) is 2.94. The van der Waals surface area contributed by atoms with Crippen molar-refractivity contribution in [2.45, 2.75) is 35.4 Å². The van der Waals surface area contributed by atoms with Gasteiger partial charge in [0.15, 0.2) is 0 Å². The summed E-state index contributed by atoms with van der Waals surface area (Å²) in [6.45, 7) is 1.99. The molecule has 3 nitrogen and oxygen atoms in total. The van der Waals surface area contributed by atoms with Gasteiger partial charge in [-0.1, -0.05) is 18.2 Å². The summed E-state index contributed by atoms with van der Waals surface area (Å²) in [5, 5.41) is 0.572. The maximum absolute atomic E-state index is 11.4. The van der Waals surface area contributed by atoms with Gasteiger partial charge in [0.05, 0.1) is 6.04 Å². The van der Waals surface area contributed by atoms with E-state index >= 15 is 0 Å². The molecule has 0 spiro atoms. The standard InChI is InChI=1S/C14H18N2OS/c15-14(17)12-5-3-7-16(12)9-11-8-10-4-1-2-6-13(10)18-11/h1-2,4,6,11-12H,3,5,7-9H2,(H2,15,17). The first-order valence-electron chi connectivity index (χ1n) is 6.52. The highest BCUT2D eigenvalue weighted by molar-refractivity contribution is 8.00. The van der Waals surface area contributed by atoms with E-state index in [4.69, 9.17) is 5.73 Å². The maximum Gasteiger partial charge on any atom is 0.234 e. The number of amides is 1. The first-order chi connectivity index (χ1) is 8.74. The fourth-order valence-electron chi connectivity index (χ4n) is 2.98. The molecule has 1 aromatic rings. The normalized spacial score (nSPS) is 27.3. The molecular weight excluding hydrogens is 244 g/mol. The Morgan fingerprint density at radius 2 is 2.28 bits per heavy atom. The number of hydrogen-bond acceptors (Lipinski definition) is 3. The van der Waals surface area contributed by atoms with Crippen LogP contribution in [-0.2, 0) is 11.2 Å². The van der Waals surface area contributed by atoms with Crippen LogP contribution in [-0.4, -0.2) is 35.2 Å². The molecule has 1 amide bonds. The van der Waals surface area contributed by atoms with Crippen molar-refractivity contribution in [2.75, 3.05) is 13.1 Å². The van der Waals surface area contributed by atoms with Gasteiger partial charge in [-0.25, -0.2) is 0 Å². The van der Waals surface area contributed by atoms with Crippen LogP contribution in [0.3, 0.4) is 0 Å². The zero-order valence-electron chi connectivity index (χ0n) is 10.3. The molecule has 2 N–H and O–H groups in total. The summed E-state index contributed by atoms with van der Waals surface area (Å²) in [4.78, 5) is 15.0. The first-order valence-corrected chi connectivity index (χ1v) is 7.40. The van der Waals surface area contributed by atoms with Crippen LogP contribution in [0.25, 0.3) is 0 Å². The van der Waals surface area contributed by atoms with Gasteiger partial charge in [-0.3, -0.25) is 9.69 Å². The number of likely N-dealkylation sites (tertiary alicyclic amines) is 1. The SMILES string of the molecule is NC(=O)C1CCCN1CC1Cc2ccccc2S1. The zero-order valence-corrected chi connectivity index (χ0v) is 11.2. The minimum absolute atomic E-state index is 0.0330. The second-order valence-electron chi connectivity index (χ2n) is 5.11. The van der Waals surface area contributed by atoms with Crippen LogP contribution < -0.4 is 5.73 Å². The summed E-state index contributed by atoms with van der Waals surface area (Å²) >= 11 is 1.94. The van der Waals surface area contributed by atoms with Crippen molar-refractivity contribution in [3.8, 4) is 0 Å². The lowest BCUT2D eigenvalue weighted by Gasteiger charge is -2.24. The number of hydrogen-bond donors (Lipinski definition) is 1. The van der Waals surface area contributed by atoms with Gasteiger partial charge in [0.25, 0.3) is 0 Å². The van der Waals surface area contributed by atoms with Crippen molar-refractivity contribution < 1.29 is 4.79 Å². The lowest BCUT2D eigenvalue weighted by Crippen LogP contribution is -2.43. The molecule has 2 aliphatic rings. The largest absolute Gasteiger partial charge is 0.368 e. The summed E-state index contributed by atoms with van der Waals surface area (Å²) < 4.78 is 0. The van der Waals surface area contributed by atoms with Crippen molar-refractivity contribution in [1.82, 2.24) is 4.90 Å². The average molecular weight is 262 g/mol. The fourth-order valence-corrected chi connectivity index (χ4v) is 4.33. The zero-order chi connectivity index (χ0) is 12.5. The summed E-state index contributed by atoms with van der Waals surface area (Å²) in [6, 6.07) is 8.56. The summed E-state index contributed by atoms with van der Waals surface area (Å²) in [6.07, 6.45) is 3.14. The molecule has 0 saturated carbocycles. The van der Waals surface area contributed by atoms with Crippen molar-refractivity contribution in [1.29, 1.82) is 0 Å². The molecule has 96 valence electrons. The van der Waals surface area contributed by atoms with Gasteiger partial charge in [0, 0.05) is 16.7 Å². The van der Waals surface area contributed by atoms with Crippen LogP contribution >= 0.6 is 11.8 Å². The van der Waals surface area contributed by atoms with E-state index in [9.17, 15) is 4.79 Å². The van der Waals surface area contributed by atoms with Gasteiger partial charge in [-0.15, -0.1) is 11.8 Å². The number of carbonyl (C=O) groups excluding carboxylic acids is 1. The Kier molecular flexibility index (Phi) is 3.31. The van der Waals surface area contributed by atoms with E-state index in [-0.39, 0.29) is 11.9 Å². The molecule has 0 bridgehead atoms. The molecule has 2 heterocycles. The highest BCUT2D eigenvalue weighted by Gasteiger charge is 2.32. The lowest BCUT2D eigenvalue weighted by molar-refractivity contribution is -0.122. The van der Waals surface area contributed by atoms with Crippen LogP contribution in [0.5, 0.6) is 0 Å². The number of rotatable bonds is 3. The molecule has 2 unspecified atom stereocenters. The van der Waals surface area contributed by atoms with Crippen LogP contribution in [0.15, 0.2) is 29.2 Å². The van der Waals surface area contributed by atoms with Crippen molar-refractivity contribution in [3.63, 3.8) is 0 Å². The maximum atomic E-state index is 11.4. The third-order valence-electron chi connectivity index (χ3n) is 3.84.